The van der Waals surface area contributed by atoms with Crippen LogP contribution in [0.4, 0.5) is 0 Å². The number of hydrogen-bond acceptors (Lipinski definition) is 3. The first-order chi connectivity index (χ1) is 9.97. The third-order valence-corrected chi connectivity index (χ3v) is 3.50. The van der Waals surface area contributed by atoms with Gasteiger partial charge in [0.2, 0.25) is 0 Å². The number of Topliss-reactive ketones (excluding diaryl/α,β-unsaturated/α-hetero) is 1. The van der Waals surface area contributed by atoms with Crippen LogP contribution in [0.25, 0.3) is 11.0 Å². The SMILES string of the molecule is CC(=O)CCn1c(CCCC(=O)O)nc2cc(Cl)ccc21. The number of aryl methyl sites for hydroxylation is 2. The maximum atomic E-state index is 11.2. The molecular formula is C15H17ClN2O3. The standard InChI is InChI=1S/C15H17ClN2O3/c1-10(19)7-8-18-13-6-5-11(16)9-12(13)17-14(18)3-2-4-15(20)21/h5-6,9H,2-4,7-8H2,1H3,(H,20,21). The number of hydrogen-bond donors (Lipinski definition) is 1. The summed E-state index contributed by atoms with van der Waals surface area (Å²) < 4.78 is 1.98. The van der Waals surface area contributed by atoms with E-state index in [0.717, 1.165) is 16.9 Å². The van der Waals surface area contributed by atoms with Crippen LogP contribution in [0, 0.1) is 0 Å². The molecule has 2 rings (SSSR count). The van der Waals surface area contributed by atoms with Crippen molar-refractivity contribution in [1.29, 1.82) is 0 Å². The van der Waals surface area contributed by atoms with E-state index in [1.165, 1.54) is 0 Å². The normalized spacial score (nSPS) is 11.0. The van der Waals surface area contributed by atoms with Crippen LogP contribution < -0.4 is 0 Å². The van der Waals surface area contributed by atoms with Crippen molar-refractivity contribution in [3.63, 3.8) is 0 Å². The number of ketones is 1. The van der Waals surface area contributed by atoms with Gasteiger partial charge in [0.25, 0.3) is 0 Å². The maximum absolute atomic E-state index is 11.2. The topological polar surface area (TPSA) is 72.2 Å². The van der Waals surface area contributed by atoms with Gasteiger partial charge in [0.05, 0.1) is 11.0 Å². The number of carbonyl (C=O) groups excluding carboxylic acids is 1. The molecule has 0 fully saturated rings. The molecule has 0 aliphatic heterocycles. The molecule has 1 aromatic heterocycles. The van der Waals surface area contributed by atoms with Crippen LogP contribution in [0.5, 0.6) is 0 Å². The second-order valence-corrected chi connectivity index (χ2v) is 5.45. The van der Waals surface area contributed by atoms with Crippen LogP contribution in [0.15, 0.2) is 18.2 Å². The highest BCUT2D eigenvalue weighted by Crippen LogP contribution is 2.22. The molecule has 0 aliphatic rings. The Bertz CT molecular complexity index is 679. The summed E-state index contributed by atoms with van der Waals surface area (Å²) in [6, 6.07) is 5.45. The molecule has 1 heterocycles. The van der Waals surface area contributed by atoms with E-state index < -0.39 is 5.97 Å². The van der Waals surface area contributed by atoms with Gasteiger partial charge in [0.1, 0.15) is 11.6 Å². The fourth-order valence-corrected chi connectivity index (χ4v) is 2.43. The van der Waals surface area contributed by atoms with Gasteiger partial charge in [-0.15, -0.1) is 0 Å². The summed E-state index contributed by atoms with van der Waals surface area (Å²) in [6.45, 7) is 2.11. The molecule has 1 N–H and O–H groups in total. The average Bonchev–Trinajstić information content (AvgIpc) is 2.72. The van der Waals surface area contributed by atoms with E-state index >= 15 is 0 Å². The molecule has 0 saturated carbocycles. The molecule has 6 heteroatoms. The largest absolute Gasteiger partial charge is 0.481 e. The molecule has 0 unspecified atom stereocenters. The Morgan fingerprint density at radius 2 is 2.10 bits per heavy atom. The number of halogens is 1. The smallest absolute Gasteiger partial charge is 0.303 e. The molecule has 1 aromatic carbocycles. The molecule has 0 amide bonds. The van der Waals surface area contributed by atoms with E-state index in [1.807, 2.05) is 10.6 Å². The van der Waals surface area contributed by atoms with Gasteiger partial charge in [-0.25, -0.2) is 4.98 Å². The van der Waals surface area contributed by atoms with Crippen LogP contribution in [0.1, 0.15) is 32.0 Å². The molecule has 112 valence electrons. The van der Waals surface area contributed by atoms with Crippen LogP contribution in [0.2, 0.25) is 5.02 Å². The number of carbonyl (C=O) groups is 2. The number of aliphatic carboxylic acids is 1. The van der Waals surface area contributed by atoms with E-state index in [-0.39, 0.29) is 12.2 Å². The number of nitrogens with zero attached hydrogens (tertiary/aromatic N) is 2. The minimum absolute atomic E-state index is 0.108. The number of fused-ring (bicyclic) bond motifs is 1. The summed E-state index contributed by atoms with van der Waals surface area (Å²) in [5.74, 6) is 0.0986. The molecule has 2 aromatic rings. The van der Waals surface area contributed by atoms with Crippen molar-refractivity contribution in [1.82, 2.24) is 9.55 Å². The van der Waals surface area contributed by atoms with Crippen molar-refractivity contribution in [3.05, 3.63) is 29.0 Å². The molecule has 0 atom stereocenters. The summed E-state index contributed by atoms with van der Waals surface area (Å²) in [4.78, 5) is 26.4. The Morgan fingerprint density at radius 1 is 1.33 bits per heavy atom. The quantitative estimate of drug-likeness (QED) is 0.853. The Morgan fingerprint density at radius 3 is 2.76 bits per heavy atom. The van der Waals surface area contributed by atoms with Crippen molar-refractivity contribution in [2.24, 2.45) is 0 Å². The first kappa shape index (κ1) is 15.5. The second kappa shape index (κ2) is 6.72. The number of benzene rings is 1. The van der Waals surface area contributed by atoms with Crippen molar-refractivity contribution in [2.75, 3.05) is 0 Å². The van der Waals surface area contributed by atoms with Crippen LogP contribution in [-0.4, -0.2) is 26.4 Å². The lowest BCUT2D eigenvalue weighted by Gasteiger charge is -2.07. The Balaban J connectivity index is 2.29. The third-order valence-electron chi connectivity index (χ3n) is 3.27. The van der Waals surface area contributed by atoms with E-state index in [1.54, 1.807) is 19.1 Å². The van der Waals surface area contributed by atoms with Gasteiger partial charge in [-0.3, -0.25) is 9.59 Å². The monoisotopic (exact) mass is 308 g/mol. The van der Waals surface area contributed by atoms with Crippen LogP contribution in [-0.2, 0) is 22.6 Å². The summed E-state index contributed by atoms with van der Waals surface area (Å²) in [5, 5.41) is 9.33. The Kier molecular flexibility index (Phi) is 4.96. The average molecular weight is 309 g/mol. The number of carboxylic acid groups (broad SMARTS) is 1. The Hall–Kier alpha value is -1.88. The van der Waals surface area contributed by atoms with Crippen LogP contribution in [0.3, 0.4) is 0 Å². The summed E-state index contributed by atoms with van der Waals surface area (Å²) in [7, 11) is 0. The molecule has 0 spiro atoms. The van der Waals surface area contributed by atoms with Gasteiger partial charge in [0.15, 0.2) is 0 Å². The molecule has 5 nitrogen and oxygen atoms in total. The van der Waals surface area contributed by atoms with E-state index in [0.29, 0.717) is 30.8 Å². The predicted octanol–water partition coefficient (Wildman–Crippen LogP) is 3.08. The van der Waals surface area contributed by atoms with Crippen molar-refractivity contribution < 1.29 is 14.7 Å². The fraction of sp³-hybridized carbons (Fsp3) is 0.400. The summed E-state index contributed by atoms with van der Waals surface area (Å²) >= 11 is 5.97. The van der Waals surface area contributed by atoms with Crippen molar-refractivity contribution in [2.45, 2.75) is 39.2 Å². The first-order valence-corrected chi connectivity index (χ1v) is 7.21. The molecule has 0 radical (unpaired) electrons. The van der Waals surface area contributed by atoms with Crippen molar-refractivity contribution in [3.8, 4) is 0 Å². The molecule has 0 bridgehead atoms. The number of rotatable bonds is 7. The van der Waals surface area contributed by atoms with Gasteiger partial charge >= 0.3 is 5.97 Å². The number of imidazole rings is 1. The van der Waals surface area contributed by atoms with Gasteiger partial charge in [0, 0.05) is 30.8 Å². The molecular weight excluding hydrogens is 292 g/mol. The number of aromatic nitrogens is 2. The van der Waals surface area contributed by atoms with E-state index in [2.05, 4.69) is 4.98 Å². The molecule has 21 heavy (non-hydrogen) atoms. The highest BCUT2D eigenvalue weighted by atomic mass is 35.5. The zero-order valence-electron chi connectivity index (χ0n) is 11.8. The Labute approximate surface area is 127 Å². The minimum Gasteiger partial charge on any atom is -0.481 e. The maximum Gasteiger partial charge on any atom is 0.303 e. The zero-order chi connectivity index (χ0) is 15.4. The van der Waals surface area contributed by atoms with Gasteiger partial charge < -0.3 is 9.67 Å². The predicted molar refractivity (Wildman–Crippen MR) is 80.6 cm³/mol. The minimum atomic E-state index is -0.815. The van der Waals surface area contributed by atoms with Gasteiger partial charge in [-0.2, -0.15) is 0 Å². The summed E-state index contributed by atoms with van der Waals surface area (Å²) in [5.41, 5.74) is 1.70. The lowest BCUT2D eigenvalue weighted by molar-refractivity contribution is -0.137. The van der Waals surface area contributed by atoms with Crippen LogP contribution >= 0.6 is 11.6 Å². The van der Waals surface area contributed by atoms with Gasteiger partial charge in [-0.05, 0) is 31.5 Å². The lowest BCUT2D eigenvalue weighted by atomic mass is 10.2. The molecule has 0 aliphatic carbocycles. The molecule has 0 saturated heterocycles. The fourth-order valence-electron chi connectivity index (χ4n) is 2.26. The number of carboxylic acids is 1. The lowest BCUT2D eigenvalue weighted by Crippen LogP contribution is -2.08. The second-order valence-electron chi connectivity index (χ2n) is 5.01. The zero-order valence-corrected chi connectivity index (χ0v) is 12.6. The van der Waals surface area contributed by atoms with E-state index in [4.69, 9.17) is 16.7 Å². The van der Waals surface area contributed by atoms with Gasteiger partial charge in [-0.1, -0.05) is 11.6 Å². The van der Waals surface area contributed by atoms with E-state index in [9.17, 15) is 9.59 Å². The highest BCUT2D eigenvalue weighted by Gasteiger charge is 2.12. The highest BCUT2D eigenvalue weighted by molar-refractivity contribution is 6.31. The summed E-state index contributed by atoms with van der Waals surface area (Å²) in [6.07, 6.45) is 1.62. The van der Waals surface area contributed by atoms with Crippen molar-refractivity contribution >= 4 is 34.4 Å². The first-order valence-electron chi connectivity index (χ1n) is 6.83. The third kappa shape index (κ3) is 4.04.